The Kier molecular flexibility index (Phi) is 4.00. The van der Waals surface area contributed by atoms with Gasteiger partial charge in [0.25, 0.3) is 0 Å². The molecule has 0 radical (unpaired) electrons. The number of aliphatic hydroxyl groups excluding tert-OH is 1. The minimum atomic E-state index is -1.64. The van der Waals surface area contributed by atoms with Crippen LogP contribution in [0.25, 0.3) is 0 Å². The second-order valence-electron chi connectivity index (χ2n) is 4.43. The van der Waals surface area contributed by atoms with Gasteiger partial charge in [-0.05, 0) is 24.2 Å². The average Bonchev–Trinajstić information content (AvgIpc) is 1.85. The molecule has 0 aromatic rings. The molecular weight excluding hydrogens is 168 g/mol. The van der Waals surface area contributed by atoms with Crippen molar-refractivity contribution in [2.24, 2.45) is 0 Å². The van der Waals surface area contributed by atoms with Crippen LogP contribution in [0.1, 0.15) is 20.8 Å². The Bertz CT molecular complexity index is 156. The van der Waals surface area contributed by atoms with Gasteiger partial charge in [-0.3, -0.25) is 0 Å². The normalized spacial score (nSPS) is 13.8. The summed E-state index contributed by atoms with van der Waals surface area (Å²) in [6, 6.07) is 0. The third kappa shape index (κ3) is 3.41. The highest BCUT2D eigenvalue weighted by atomic mass is 28.4. The standard InChI is InChI=1S/C9H20O2Si/c1-9(2,3)12(4,5)11-8-6-7-10/h6,8,10H,7H2,1-5H3/b8-6+. The molecule has 3 heteroatoms. The van der Waals surface area contributed by atoms with E-state index in [1.165, 1.54) is 0 Å². The molecule has 0 bridgehead atoms. The van der Waals surface area contributed by atoms with Crippen LogP contribution in [0.4, 0.5) is 0 Å². The molecule has 0 atom stereocenters. The summed E-state index contributed by atoms with van der Waals surface area (Å²) in [5, 5.41) is 8.74. The second kappa shape index (κ2) is 4.10. The quantitative estimate of drug-likeness (QED) is 0.545. The minimum absolute atomic E-state index is 0.0502. The molecule has 0 heterocycles. The zero-order valence-corrected chi connectivity index (χ0v) is 9.72. The summed E-state index contributed by atoms with van der Waals surface area (Å²) in [6.07, 6.45) is 3.25. The van der Waals surface area contributed by atoms with E-state index in [-0.39, 0.29) is 11.6 Å². The molecule has 0 fully saturated rings. The highest BCUT2D eigenvalue weighted by Crippen LogP contribution is 2.36. The van der Waals surface area contributed by atoms with Crippen LogP contribution in [0.15, 0.2) is 12.3 Å². The third-order valence-corrected chi connectivity index (χ3v) is 6.71. The zero-order valence-electron chi connectivity index (χ0n) is 8.72. The first-order valence-electron chi connectivity index (χ1n) is 4.25. The Balaban J connectivity index is 4.14. The van der Waals surface area contributed by atoms with Crippen LogP contribution in [-0.2, 0) is 4.43 Å². The summed E-state index contributed by atoms with van der Waals surface area (Å²) in [4.78, 5) is 0. The summed E-state index contributed by atoms with van der Waals surface area (Å²) in [6.45, 7) is 11.0. The zero-order chi connectivity index (χ0) is 9.83. The fraction of sp³-hybridized carbons (Fsp3) is 0.778. The molecular formula is C9H20O2Si. The summed E-state index contributed by atoms with van der Waals surface area (Å²) < 4.78 is 5.63. The van der Waals surface area contributed by atoms with Crippen molar-refractivity contribution >= 4 is 8.32 Å². The molecule has 1 N–H and O–H groups in total. The van der Waals surface area contributed by atoms with Crippen molar-refractivity contribution in [2.75, 3.05) is 6.61 Å². The van der Waals surface area contributed by atoms with Crippen molar-refractivity contribution in [1.29, 1.82) is 0 Å². The average molecular weight is 188 g/mol. The van der Waals surface area contributed by atoms with Crippen molar-refractivity contribution < 1.29 is 9.53 Å². The van der Waals surface area contributed by atoms with Crippen molar-refractivity contribution in [3.63, 3.8) is 0 Å². The highest BCUT2D eigenvalue weighted by Gasteiger charge is 2.37. The molecule has 0 saturated heterocycles. The Labute approximate surface area is 76.4 Å². The van der Waals surface area contributed by atoms with Crippen molar-refractivity contribution in [2.45, 2.75) is 38.9 Å². The largest absolute Gasteiger partial charge is 0.549 e. The number of hydrogen-bond donors (Lipinski definition) is 1. The predicted molar refractivity (Wildman–Crippen MR) is 54.5 cm³/mol. The minimum Gasteiger partial charge on any atom is -0.549 e. The van der Waals surface area contributed by atoms with E-state index in [1.807, 2.05) is 0 Å². The Morgan fingerprint density at radius 3 is 2.17 bits per heavy atom. The van der Waals surface area contributed by atoms with Gasteiger partial charge >= 0.3 is 0 Å². The van der Waals surface area contributed by atoms with Gasteiger partial charge in [0.15, 0.2) is 0 Å². The first-order chi connectivity index (χ1) is 5.31. The summed E-state index contributed by atoms with van der Waals surface area (Å²) in [5.74, 6) is 0. The van der Waals surface area contributed by atoms with E-state index < -0.39 is 8.32 Å². The smallest absolute Gasteiger partial charge is 0.249 e. The summed E-state index contributed by atoms with van der Waals surface area (Å²) in [7, 11) is -1.64. The molecule has 2 nitrogen and oxygen atoms in total. The molecule has 0 rings (SSSR count). The van der Waals surface area contributed by atoms with Crippen LogP contribution in [0.2, 0.25) is 18.1 Å². The molecule has 0 aliphatic heterocycles. The van der Waals surface area contributed by atoms with Crippen LogP contribution >= 0.6 is 0 Å². The van der Waals surface area contributed by atoms with E-state index in [9.17, 15) is 0 Å². The number of aliphatic hydroxyl groups is 1. The van der Waals surface area contributed by atoms with E-state index in [0.717, 1.165) is 0 Å². The molecule has 0 aromatic carbocycles. The molecule has 0 aromatic heterocycles. The van der Waals surface area contributed by atoms with Crippen molar-refractivity contribution in [3.8, 4) is 0 Å². The maximum atomic E-state index is 8.51. The van der Waals surface area contributed by atoms with E-state index in [0.29, 0.717) is 0 Å². The topological polar surface area (TPSA) is 29.5 Å². The third-order valence-electron chi connectivity index (χ3n) is 2.37. The van der Waals surface area contributed by atoms with Gasteiger partial charge in [0.2, 0.25) is 8.32 Å². The first kappa shape index (κ1) is 11.7. The van der Waals surface area contributed by atoms with Crippen LogP contribution in [0.5, 0.6) is 0 Å². The molecule has 0 aliphatic carbocycles. The van der Waals surface area contributed by atoms with E-state index >= 15 is 0 Å². The summed E-state index contributed by atoms with van der Waals surface area (Å²) in [5.41, 5.74) is 0. The lowest BCUT2D eigenvalue weighted by Crippen LogP contribution is -2.39. The van der Waals surface area contributed by atoms with Gasteiger partial charge < -0.3 is 9.53 Å². The van der Waals surface area contributed by atoms with Gasteiger partial charge in [0.05, 0.1) is 12.9 Å². The monoisotopic (exact) mass is 188 g/mol. The van der Waals surface area contributed by atoms with Gasteiger partial charge in [-0.2, -0.15) is 0 Å². The fourth-order valence-electron chi connectivity index (χ4n) is 0.438. The maximum Gasteiger partial charge on any atom is 0.249 e. The van der Waals surface area contributed by atoms with Crippen LogP contribution < -0.4 is 0 Å². The highest BCUT2D eigenvalue weighted by molar-refractivity contribution is 6.74. The molecule has 0 amide bonds. The predicted octanol–water partition coefficient (Wildman–Crippen LogP) is 2.51. The molecule has 0 saturated carbocycles. The van der Waals surface area contributed by atoms with Crippen molar-refractivity contribution in [1.82, 2.24) is 0 Å². The fourth-order valence-corrected chi connectivity index (χ4v) is 1.23. The number of hydrogen-bond acceptors (Lipinski definition) is 2. The molecule has 0 spiro atoms. The molecule has 0 aliphatic rings. The van der Waals surface area contributed by atoms with Crippen LogP contribution in [0.3, 0.4) is 0 Å². The lowest BCUT2D eigenvalue weighted by molar-refractivity contribution is 0.336. The SMILES string of the molecule is CC(C)(C)[Si](C)(C)O/C=C/CO. The molecule has 12 heavy (non-hydrogen) atoms. The molecule has 0 unspecified atom stereocenters. The summed E-state index contributed by atoms with van der Waals surface area (Å²) >= 11 is 0. The Hall–Kier alpha value is -0.283. The Morgan fingerprint density at radius 2 is 1.83 bits per heavy atom. The van der Waals surface area contributed by atoms with Gasteiger partial charge in [-0.1, -0.05) is 20.8 Å². The van der Waals surface area contributed by atoms with Gasteiger partial charge in [-0.25, -0.2) is 0 Å². The number of rotatable bonds is 3. The van der Waals surface area contributed by atoms with Gasteiger partial charge in [-0.15, -0.1) is 0 Å². The first-order valence-corrected chi connectivity index (χ1v) is 7.16. The van der Waals surface area contributed by atoms with Crippen molar-refractivity contribution in [3.05, 3.63) is 12.3 Å². The lowest BCUT2D eigenvalue weighted by Gasteiger charge is -2.34. The maximum absolute atomic E-state index is 8.51. The van der Waals surface area contributed by atoms with E-state index in [2.05, 4.69) is 33.9 Å². The van der Waals surface area contributed by atoms with E-state index in [1.54, 1.807) is 12.3 Å². The van der Waals surface area contributed by atoms with Gasteiger partial charge in [0.1, 0.15) is 0 Å². The van der Waals surface area contributed by atoms with E-state index in [4.69, 9.17) is 9.53 Å². The van der Waals surface area contributed by atoms with Crippen LogP contribution in [-0.4, -0.2) is 20.0 Å². The van der Waals surface area contributed by atoms with Gasteiger partial charge in [0, 0.05) is 0 Å². The lowest BCUT2D eigenvalue weighted by atomic mass is 10.2. The molecule has 72 valence electrons. The van der Waals surface area contributed by atoms with Crippen LogP contribution in [0, 0.1) is 0 Å². The Morgan fingerprint density at radius 1 is 1.33 bits per heavy atom. The second-order valence-corrected chi connectivity index (χ2v) is 9.19.